The quantitative estimate of drug-likeness (QED) is 0.0823. The van der Waals surface area contributed by atoms with E-state index in [2.05, 4.69) is 156 Å². The van der Waals surface area contributed by atoms with Crippen LogP contribution in [0.4, 0.5) is 34.1 Å². The molecule has 3 aliphatic rings. The van der Waals surface area contributed by atoms with Gasteiger partial charge in [-0.3, -0.25) is 0 Å². The van der Waals surface area contributed by atoms with Crippen molar-refractivity contribution < 1.29 is 14.2 Å². The van der Waals surface area contributed by atoms with Crippen LogP contribution in [0.15, 0.2) is 182 Å². The van der Waals surface area contributed by atoms with E-state index in [-0.39, 0.29) is 36.5 Å². The molecule has 0 atom stereocenters. The van der Waals surface area contributed by atoms with Crippen LogP contribution in [-0.2, 0) is 0 Å². The molecule has 12 nitrogen and oxygen atoms in total. The first-order valence-corrected chi connectivity index (χ1v) is 21.8. The number of rotatable bonds is 9. The minimum Gasteiger partial charge on any atom is -0.424 e. The molecule has 66 heavy (non-hydrogen) atoms. The van der Waals surface area contributed by atoms with Crippen LogP contribution in [0.5, 0.6) is 35.3 Å². The van der Waals surface area contributed by atoms with Crippen molar-refractivity contribution in [3.8, 4) is 35.3 Å². The van der Waals surface area contributed by atoms with Gasteiger partial charge in [0.25, 0.3) is 0 Å². The summed E-state index contributed by atoms with van der Waals surface area (Å²) in [5.74, 6) is 1.59. The molecule has 9 aromatic carbocycles. The molecule has 0 spiro atoms. The molecule has 0 unspecified atom stereocenters. The van der Waals surface area contributed by atoms with Crippen molar-refractivity contribution in [2.24, 2.45) is 0 Å². The summed E-state index contributed by atoms with van der Waals surface area (Å²) in [6.45, 7) is 0. The van der Waals surface area contributed by atoms with Crippen molar-refractivity contribution >= 4 is 66.4 Å². The number of hydrogen-bond donors (Lipinski definition) is 6. The molecule has 0 saturated carbocycles. The summed E-state index contributed by atoms with van der Waals surface area (Å²) in [4.78, 5) is 13.7. The van der Waals surface area contributed by atoms with Gasteiger partial charge in [0.15, 0.2) is 0 Å². The summed E-state index contributed by atoms with van der Waals surface area (Å²) in [7, 11) is 0. The van der Waals surface area contributed by atoms with Crippen LogP contribution in [0.2, 0.25) is 0 Å². The van der Waals surface area contributed by atoms with Gasteiger partial charge in [-0.1, -0.05) is 109 Å². The highest BCUT2D eigenvalue weighted by atomic mass is 16.5. The summed E-state index contributed by atoms with van der Waals surface area (Å²) >= 11 is 0. The van der Waals surface area contributed by atoms with Crippen LogP contribution in [0.3, 0.4) is 0 Å². The van der Waals surface area contributed by atoms with Gasteiger partial charge >= 0.3 is 18.0 Å². The molecule has 12 heteroatoms. The molecule has 318 valence electrons. The average molecular weight is 862 g/mol. The standard InChI is InChI=1S/C54H39N9O3/c1-7-31-8-2-14-41-46(31)40(13-1)55-49(56-41)34-19-25-37(26-20-34)64-52-61-53(65-38-27-21-35(22-28-38)50-57-42-15-3-9-32-10-4-16-43(58-50)47(32)42)63-54(62-52)66-39-29-23-36(24-30-39)51-59-44-17-5-11-33-12-6-18-45(60-51)48(33)44/h1-30,49-51,55-60H. The molecule has 0 bridgehead atoms. The number of hydrogen-bond acceptors (Lipinski definition) is 12. The van der Waals surface area contributed by atoms with Gasteiger partial charge in [-0.05, 0) is 106 Å². The fraction of sp³-hybridized carbons (Fsp3) is 0.0556. The van der Waals surface area contributed by atoms with E-state index in [0.717, 1.165) is 50.8 Å². The van der Waals surface area contributed by atoms with Crippen molar-refractivity contribution in [3.05, 3.63) is 199 Å². The second-order valence-electron chi connectivity index (χ2n) is 16.5. The Labute approximate surface area is 378 Å². The van der Waals surface area contributed by atoms with E-state index >= 15 is 0 Å². The van der Waals surface area contributed by atoms with Crippen molar-refractivity contribution in [3.63, 3.8) is 0 Å². The van der Waals surface area contributed by atoms with E-state index in [1.807, 2.05) is 72.8 Å². The van der Waals surface area contributed by atoms with E-state index in [1.54, 1.807) is 0 Å². The maximum Gasteiger partial charge on any atom is 0.331 e. The number of nitrogens with one attached hydrogen (secondary N) is 6. The van der Waals surface area contributed by atoms with E-state index in [1.165, 1.54) is 32.3 Å². The maximum atomic E-state index is 6.29. The Morgan fingerprint density at radius 3 is 0.727 bits per heavy atom. The number of aromatic nitrogens is 3. The first-order valence-electron chi connectivity index (χ1n) is 21.8. The van der Waals surface area contributed by atoms with Crippen LogP contribution < -0.4 is 46.1 Å². The molecule has 0 saturated heterocycles. The minimum atomic E-state index is -0.140. The van der Waals surface area contributed by atoms with E-state index < -0.39 is 0 Å². The van der Waals surface area contributed by atoms with Crippen molar-refractivity contribution in [1.82, 2.24) is 15.0 Å². The highest BCUT2D eigenvalue weighted by Gasteiger charge is 2.24. The zero-order chi connectivity index (χ0) is 43.6. The smallest absolute Gasteiger partial charge is 0.331 e. The highest BCUT2D eigenvalue weighted by Crippen LogP contribution is 2.42. The molecule has 1 aromatic heterocycles. The third-order valence-corrected chi connectivity index (χ3v) is 12.4. The Kier molecular flexibility index (Phi) is 8.73. The zero-order valence-electron chi connectivity index (χ0n) is 35.1. The lowest BCUT2D eigenvalue weighted by Crippen LogP contribution is -2.23. The summed E-state index contributed by atoms with van der Waals surface area (Å²) < 4.78 is 18.9. The average Bonchev–Trinajstić information content (AvgIpc) is 3.35. The molecule has 4 heterocycles. The summed E-state index contributed by atoms with van der Waals surface area (Å²) in [6.07, 6.45) is -0.419. The lowest BCUT2D eigenvalue weighted by atomic mass is 10.0. The third kappa shape index (κ3) is 6.84. The topological polar surface area (TPSA) is 139 Å². The Balaban J connectivity index is 0.756. The summed E-state index contributed by atoms with van der Waals surface area (Å²) in [5.41, 5.74) is 9.59. The predicted molar refractivity (Wildman–Crippen MR) is 261 cm³/mol. The van der Waals surface area contributed by atoms with Gasteiger partial charge in [-0.15, -0.1) is 15.0 Å². The van der Waals surface area contributed by atoms with Crippen LogP contribution in [-0.4, -0.2) is 15.0 Å². The monoisotopic (exact) mass is 861 g/mol. The number of nitrogens with zero attached hydrogens (tertiary/aromatic N) is 3. The van der Waals surface area contributed by atoms with Crippen LogP contribution >= 0.6 is 0 Å². The largest absolute Gasteiger partial charge is 0.424 e. The Bertz CT molecular complexity index is 2990. The molecule has 0 amide bonds. The zero-order valence-corrected chi connectivity index (χ0v) is 35.1. The van der Waals surface area contributed by atoms with Crippen LogP contribution in [0.1, 0.15) is 35.2 Å². The highest BCUT2D eigenvalue weighted by molar-refractivity contribution is 6.06. The second kappa shape index (κ2) is 15.3. The van der Waals surface area contributed by atoms with E-state index in [0.29, 0.717) is 17.2 Å². The first-order chi connectivity index (χ1) is 32.6. The van der Waals surface area contributed by atoms with Crippen molar-refractivity contribution in [2.75, 3.05) is 31.9 Å². The number of anilines is 6. The van der Waals surface area contributed by atoms with Gasteiger partial charge in [-0.25, -0.2) is 0 Å². The molecule has 0 fully saturated rings. The minimum absolute atomic E-state index is 0.0115. The van der Waals surface area contributed by atoms with Gasteiger partial charge in [0.05, 0.1) is 0 Å². The van der Waals surface area contributed by atoms with Gasteiger partial charge in [0.2, 0.25) is 0 Å². The summed E-state index contributed by atoms with van der Waals surface area (Å²) in [6, 6.07) is 61.2. The molecule has 6 N–H and O–H groups in total. The van der Waals surface area contributed by atoms with Crippen LogP contribution in [0.25, 0.3) is 32.3 Å². The Morgan fingerprint density at radius 1 is 0.273 bits per heavy atom. The fourth-order valence-electron chi connectivity index (χ4n) is 9.24. The van der Waals surface area contributed by atoms with Gasteiger partial charge < -0.3 is 46.1 Å². The Hall–Kier alpha value is -9.03. The molecule has 0 radical (unpaired) electrons. The second-order valence-corrected chi connectivity index (χ2v) is 16.5. The molecule has 10 aromatic rings. The van der Waals surface area contributed by atoms with Crippen molar-refractivity contribution in [1.29, 1.82) is 0 Å². The number of ether oxygens (including phenoxy) is 3. The van der Waals surface area contributed by atoms with Crippen LogP contribution in [0, 0.1) is 0 Å². The van der Waals surface area contributed by atoms with Gasteiger partial charge in [-0.2, -0.15) is 0 Å². The van der Waals surface area contributed by atoms with E-state index in [9.17, 15) is 0 Å². The maximum absolute atomic E-state index is 6.29. The van der Waals surface area contributed by atoms with Gasteiger partial charge in [0, 0.05) is 50.3 Å². The molecular weight excluding hydrogens is 823 g/mol. The van der Waals surface area contributed by atoms with Gasteiger partial charge in [0.1, 0.15) is 35.7 Å². The molecule has 13 rings (SSSR count). The van der Waals surface area contributed by atoms with Crippen molar-refractivity contribution in [2.45, 2.75) is 18.5 Å². The molecule has 0 aliphatic carbocycles. The number of benzene rings is 9. The predicted octanol–water partition coefficient (Wildman–Crippen LogP) is 13.3. The lowest BCUT2D eigenvalue weighted by Gasteiger charge is -2.29. The van der Waals surface area contributed by atoms with E-state index in [4.69, 9.17) is 14.2 Å². The normalized spacial score (nSPS) is 14.0. The molecular formula is C54H39N9O3. The SMILES string of the molecule is c1cc2c3c(cccc3c1)NC(c1ccc(Oc3nc(Oc4ccc(C5Nc6cccc7cccc(c67)N5)cc4)nc(Oc4ccc(C5Nc6cccc7cccc(c67)N5)cc4)n3)cc1)N2. The first kappa shape index (κ1) is 37.5. The Morgan fingerprint density at radius 2 is 0.500 bits per heavy atom. The molecule has 3 aliphatic heterocycles. The lowest BCUT2D eigenvalue weighted by molar-refractivity contribution is 0.362. The summed E-state index contributed by atoms with van der Waals surface area (Å²) in [5, 5.41) is 28.9. The fourth-order valence-corrected chi connectivity index (χ4v) is 9.24. The third-order valence-electron chi connectivity index (χ3n) is 12.4.